The first-order valence-electron chi connectivity index (χ1n) is 4.69. The Hall–Kier alpha value is -1.07. The van der Waals surface area contributed by atoms with E-state index in [9.17, 15) is 10.1 Å². The third-order valence-electron chi connectivity index (χ3n) is 2.37. The van der Waals surface area contributed by atoms with Crippen LogP contribution in [0.25, 0.3) is 0 Å². The third kappa shape index (κ3) is 2.30. The predicted octanol–water partition coefficient (Wildman–Crippen LogP) is 2.70. The lowest BCUT2D eigenvalue weighted by atomic mass is 10.2. The molecule has 5 heteroatoms. The fourth-order valence-corrected chi connectivity index (χ4v) is 2.37. The van der Waals surface area contributed by atoms with Gasteiger partial charge in [0, 0.05) is 29.1 Å². The lowest BCUT2D eigenvalue weighted by molar-refractivity contribution is -0.384. The highest BCUT2D eigenvalue weighted by atomic mass is 32.2. The van der Waals surface area contributed by atoms with Crippen molar-refractivity contribution in [1.82, 2.24) is 4.31 Å². The molecule has 0 radical (unpaired) electrons. The summed E-state index contributed by atoms with van der Waals surface area (Å²) in [5.41, 5.74) is 0.413. The van der Waals surface area contributed by atoms with Crippen molar-refractivity contribution in [3.8, 4) is 0 Å². The van der Waals surface area contributed by atoms with Crippen LogP contribution in [0.2, 0.25) is 0 Å². The number of hydrogen-bond acceptors (Lipinski definition) is 4. The van der Waals surface area contributed by atoms with Gasteiger partial charge >= 0.3 is 0 Å². The SMILES string of the molecule is CC1(C)CN1Sc1ccc([N+](=O)[O-])cc1. The number of benzene rings is 1. The van der Waals surface area contributed by atoms with Gasteiger partial charge in [0.05, 0.1) is 4.92 Å². The van der Waals surface area contributed by atoms with Crippen molar-refractivity contribution >= 4 is 17.6 Å². The molecule has 2 rings (SSSR count). The molecule has 0 aromatic heterocycles. The standard InChI is InChI=1S/C10H12N2O2S/c1-10(2)7-11(10)15-9-5-3-8(4-6-9)12(13)14/h3-6H,7H2,1-2H3. The molecule has 1 unspecified atom stereocenters. The normalized spacial score (nSPS) is 22.4. The lowest BCUT2D eigenvalue weighted by Crippen LogP contribution is -2.01. The van der Waals surface area contributed by atoms with Crippen molar-refractivity contribution in [3.05, 3.63) is 34.4 Å². The van der Waals surface area contributed by atoms with E-state index in [0.29, 0.717) is 0 Å². The van der Waals surface area contributed by atoms with Gasteiger partial charge in [-0.2, -0.15) is 0 Å². The van der Waals surface area contributed by atoms with Gasteiger partial charge in [-0.05, 0) is 37.9 Å². The van der Waals surface area contributed by atoms with Crippen LogP contribution in [-0.2, 0) is 0 Å². The van der Waals surface area contributed by atoms with Gasteiger partial charge in [-0.1, -0.05) is 0 Å². The van der Waals surface area contributed by atoms with Crippen LogP contribution in [0.1, 0.15) is 13.8 Å². The fourth-order valence-electron chi connectivity index (χ4n) is 1.23. The summed E-state index contributed by atoms with van der Waals surface area (Å²) in [4.78, 5) is 11.1. The van der Waals surface area contributed by atoms with Gasteiger partial charge in [-0.25, -0.2) is 4.31 Å². The Balaban J connectivity index is 2.02. The number of non-ortho nitro benzene ring substituents is 1. The number of hydrogen-bond donors (Lipinski definition) is 0. The van der Waals surface area contributed by atoms with Crippen LogP contribution in [0.3, 0.4) is 0 Å². The fraction of sp³-hybridized carbons (Fsp3) is 0.400. The Kier molecular flexibility index (Phi) is 2.44. The molecule has 1 aromatic carbocycles. The first kappa shape index (κ1) is 10.4. The van der Waals surface area contributed by atoms with Gasteiger partial charge < -0.3 is 0 Å². The summed E-state index contributed by atoms with van der Waals surface area (Å²) in [6.07, 6.45) is 0. The van der Waals surface area contributed by atoms with E-state index in [-0.39, 0.29) is 16.1 Å². The molecule has 1 aliphatic rings. The summed E-state index contributed by atoms with van der Waals surface area (Å²) >= 11 is 1.65. The van der Waals surface area contributed by atoms with Crippen LogP contribution in [0.15, 0.2) is 29.2 Å². The van der Waals surface area contributed by atoms with Gasteiger partial charge in [-0.3, -0.25) is 10.1 Å². The van der Waals surface area contributed by atoms with E-state index in [1.54, 1.807) is 36.2 Å². The summed E-state index contributed by atoms with van der Waals surface area (Å²) < 4.78 is 2.24. The molecule has 1 aliphatic heterocycles. The second kappa shape index (κ2) is 3.50. The van der Waals surface area contributed by atoms with Gasteiger partial charge in [0.15, 0.2) is 0 Å². The number of nitro groups is 1. The Bertz CT molecular complexity index is 389. The molecule has 0 aliphatic carbocycles. The van der Waals surface area contributed by atoms with Gasteiger partial charge in [-0.15, -0.1) is 0 Å². The first-order valence-corrected chi connectivity index (χ1v) is 5.46. The zero-order chi connectivity index (χ0) is 11.1. The van der Waals surface area contributed by atoms with Crippen molar-refractivity contribution in [2.45, 2.75) is 24.3 Å². The Morgan fingerprint density at radius 2 is 1.93 bits per heavy atom. The molecule has 1 heterocycles. The zero-order valence-electron chi connectivity index (χ0n) is 8.64. The maximum Gasteiger partial charge on any atom is 0.269 e. The van der Waals surface area contributed by atoms with E-state index >= 15 is 0 Å². The minimum atomic E-state index is -0.379. The summed E-state index contributed by atoms with van der Waals surface area (Å²) in [6.45, 7) is 5.41. The van der Waals surface area contributed by atoms with Crippen molar-refractivity contribution < 1.29 is 4.92 Å². The number of nitro benzene ring substituents is 1. The summed E-state index contributed by atoms with van der Waals surface area (Å²) in [5, 5.41) is 10.4. The average Bonchev–Trinajstić information content (AvgIpc) is 2.74. The molecule has 0 N–H and O–H groups in total. The molecular formula is C10H12N2O2S. The van der Waals surface area contributed by atoms with Crippen LogP contribution in [0.4, 0.5) is 5.69 Å². The maximum atomic E-state index is 10.4. The van der Waals surface area contributed by atoms with E-state index in [1.807, 2.05) is 0 Å². The van der Waals surface area contributed by atoms with E-state index in [2.05, 4.69) is 18.2 Å². The third-order valence-corrected chi connectivity index (χ3v) is 3.69. The lowest BCUT2D eigenvalue weighted by Gasteiger charge is -2.05. The highest BCUT2D eigenvalue weighted by Crippen LogP contribution is 2.42. The zero-order valence-corrected chi connectivity index (χ0v) is 9.45. The quantitative estimate of drug-likeness (QED) is 0.343. The molecule has 1 saturated heterocycles. The molecule has 0 saturated carbocycles. The smallest absolute Gasteiger partial charge is 0.258 e. The van der Waals surface area contributed by atoms with Crippen LogP contribution >= 0.6 is 11.9 Å². The molecule has 4 nitrogen and oxygen atoms in total. The van der Waals surface area contributed by atoms with E-state index < -0.39 is 0 Å². The molecule has 0 amide bonds. The molecule has 0 bridgehead atoms. The number of nitrogens with zero attached hydrogens (tertiary/aromatic N) is 2. The highest BCUT2D eigenvalue weighted by molar-refractivity contribution is 7.97. The van der Waals surface area contributed by atoms with Crippen molar-refractivity contribution in [2.24, 2.45) is 0 Å². The van der Waals surface area contributed by atoms with E-state index in [0.717, 1.165) is 11.4 Å². The maximum absolute atomic E-state index is 10.4. The van der Waals surface area contributed by atoms with Gasteiger partial charge in [0.1, 0.15) is 0 Å². The average molecular weight is 224 g/mol. The largest absolute Gasteiger partial charge is 0.269 e. The van der Waals surface area contributed by atoms with E-state index in [1.165, 1.54) is 0 Å². The first-order chi connectivity index (χ1) is 6.99. The molecule has 1 aromatic rings. The Labute approximate surface area is 92.6 Å². The molecule has 0 spiro atoms. The second-order valence-corrected chi connectivity index (χ2v) is 5.29. The van der Waals surface area contributed by atoms with Crippen LogP contribution < -0.4 is 0 Å². The predicted molar refractivity (Wildman–Crippen MR) is 59.7 cm³/mol. The number of rotatable bonds is 3. The molecule has 80 valence electrons. The van der Waals surface area contributed by atoms with Crippen molar-refractivity contribution in [2.75, 3.05) is 6.54 Å². The molecular weight excluding hydrogens is 212 g/mol. The topological polar surface area (TPSA) is 46.1 Å². The molecule has 15 heavy (non-hydrogen) atoms. The summed E-state index contributed by atoms with van der Waals surface area (Å²) in [6, 6.07) is 6.66. The monoisotopic (exact) mass is 224 g/mol. The Morgan fingerprint density at radius 1 is 1.40 bits per heavy atom. The van der Waals surface area contributed by atoms with Crippen LogP contribution in [-0.4, -0.2) is 21.3 Å². The van der Waals surface area contributed by atoms with E-state index in [4.69, 9.17) is 0 Å². The van der Waals surface area contributed by atoms with Crippen LogP contribution in [0, 0.1) is 10.1 Å². The van der Waals surface area contributed by atoms with Gasteiger partial charge in [0.2, 0.25) is 0 Å². The van der Waals surface area contributed by atoms with Crippen molar-refractivity contribution in [3.63, 3.8) is 0 Å². The van der Waals surface area contributed by atoms with Gasteiger partial charge in [0.25, 0.3) is 5.69 Å². The summed E-state index contributed by atoms with van der Waals surface area (Å²) in [5.74, 6) is 0. The molecule has 1 fully saturated rings. The minimum Gasteiger partial charge on any atom is -0.258 e. The summed E-state index contributed by atoms with van der Waals surface area (Å²) in [7, 11) is 0. The second-order valence-electron chi connectivity index (χ2n) is 4.19. The molecule has 1 atom stereocenters. The highest BCUT2D eigenvalue weighted by Gasteiger charge is 2.43. The van der Waals surface area contributed by atoms with Crippen molar-refractivity contribution in [1.29, 1.82) is 0 Å². The Morgan fingerprint density at radius 3 is 2.33 bits per heavy atom. The van der Waals surface area contributed by atoms with Crippen LogP contribution in [0.5, 0.6) is 0 Å². The minimum absolute atomic E-state index is 0.143.